The molecule has 2 heterocycles. The number of alkyl halides is 3. The zero-order valence-corrected chi connectivity index (χ0v) is 13.9. The number of fused-ring (bicyclic) bond motifs is 1. The average molecular weight is 374 g/mol. The molecule has 1 amide bonds. The highest BCUT2D eigenvalue weighted by molar-refractivity contribution is 5.99. The molecule has 0 radical (unpaired) electrons. The minimum absolute atomic E-state index is 0.0691. The molecule has 1 aliphatic rings. The van der Waals surface area contributed by atoms with Gasteiger partial charge in [0.2, 0.25) is 0 Å². The van der Waals surface area contributed by atoms with Crippen molar-refractivity contribution < 1.29 is 36.7 Å². The summed E-state index contributed by atoms with van der Waals surface area (Å²) in [5.41, 5.74) is 0.351. The lowest BCUT2D eigenvalue weighted by molar-refractivity contribution is -0.136. The molecule has 1 aliphatic heterocycles. The van der Waals surface area contributed by atoms with Gasteiger partial charge in [0.05, 0.1) is 24.6 Å². The van der Waals surface area contributed by atoms with E-state index in [0.717, 1.165) is 0 Å². The van der Waals surface area contributed by atoms with Gasteiger partial charge < -0.3 is 18.7 Å². The molecule has 7 nitrogen and oxygen atoms in total. The number of aromatic nitrogens is 1. The zero-order chi connectivity index (χ0) is 18.7. The Kier molecular flexibility index (Phi) is 5.21. The Bertz CT molecular complexity index is 777. The summed E-state index contributed by atoms with van der Waals surface area (Å²) in [7, 11) is 1.52. The highest BCUT2D eigenvalue weighted by Gasteiger charge is 2.37. The summed E-state index contributed by atoms with van der Waals surface area (Å²) in [5, 5.41) is 4.48. The first-order chi connectivity index (χ1) is 12.4. The van der Waals surface area contributed by atoms with E-state index in [4.69, 9.17) is 18.7 Å². The average Bonchev–Trinajstić information content (AvgIpc) is 3.14. The van der Waals surface area contributed by atoms with Crippen molar-refractivity contribution in [1.29, 1.82) is 0 Å². The van der Waals surface area contributed by atoms with Crippen LogP contribution in [0, 0.1) is 0 Å². The lowest BCUT2D eigenvalue weighted by Crippen LogP contribution is -2.36. The van der Waals surface area contributed by atoms with Gasteiger partial charge in [0.1, 0.15) is 12.4 Å². The summed E-state index contributed by atoms with van der Waals surface area (Å²) in [6.45, 7) is 0.391. The Morgan fingerprint density at radius 2 is 2.19 bits per heavy atom. The van der Waals surface area contributed by atoms with E-state index in [1.807, 2.05) is 0 Å². The summed E-state index contributed by atoms with van der Waals surface area (Å²) in [5.74, 6) is 0.660. The van der Waals surface area contributed by atoms with Gasteiger partial charge in [0.15, 0.2) is 11.4 Å². The van der Waals surface area contributed by atoms with Crippen LogP contribution in [0.5, 0.6) is 5.75 Å². The van der Waals surface area contributed by atoms with Crippen molar-refractivity contribution in [2.75, 3.05) is 31.8 Å². The van der Waals surface area contributed by atoms with E-state index >= 15 is 0 Å². The van der Waals surface area contributed by atoms with Crippen molar-refractivity contribution >= 4 is 22.9 Å². The molecule has 1 aromatic carbocycles. The molecule has 2 aromatic rings. The molecule has 0 saturated carbocycles. The topological polar surface area (TPSA) is 74.0 Å². The maximum atomic E-state index is 12.1. The minimum atomic E-state index is -4.20. The normalized spacial score (nSPS) is 17.8. The highest BCUT2D eigenvalue weighted by atomic mass is 19.4. The number of hydrogen-bond donors (Lipinski definition) is 0. The molecule has 0 N–H and O–H groups in total. The predicted octanol–water partition coefficient (Wildman–Crippen LogP) is 3.52. The maximum absolute atomic E-state index is 12.1. The summed E-state index contributed by atoms with van der Waals surface area (Å²) in [6, 6.07) is 4.42. The van der Waals surface area contributed by atoms with Gasteiger partial charge >= 0.3 is 12.3 Å². The number of halogens is 3. The quantitative estimate of drug-likeness (QED) is 0.691. The van der Waals surface area contributed by atoms with Gasteiger partial charge in [0, 0.05) is 19.6 Å². The number of carbonyl (C=O) groups excluding carboxylic acids is 1. The van der Waals surface area contributed by atoms with Gasteiger partial charge in [-0.3, -0.25) is 0 Å². The second-order valence-corrected chi connectivity index (χ2v) is 5.79. The Morgan fingerprint density at radius 1 is 1.38 bits per heavy atom. The molecule has 0 bridgehead atoms. The molecular weight excluding hydrogens is 357 g/mol. The van der Waals surface area contributed by atoms with E-state index in [1.54, 1.807) is 12.1 Å². The second-order valence-electron chi connectivity index (χ2n) is 5.79. The lowest BCUT2D eigenvalue weighted by atomic mass is 10.2. The first kappa shape index (κ1) is 18.3. The number of hydrogen-bond acceptors (Lipinski definition) is 6. The van der Waals surface area contributed by atoms with Gasteiger partial charge in [-0.25, -0.2) is 9.69 Å². The number of cyclic esters (lactones) is 1. The number of benzene rings is 1. The minimum Gasteiger partial charge on any atom is -0.493 e. The second kappa shape index (κ2) is 7.40. The fraction of sp³-hybridized carbons (Fsp3) is 0.500. The number of rotatable bonds is 7. The van der Waals surface area contributed by atoms with Crippen molar-refractivity contribution in [3.8, 4) is 5.75 Å². The van der Waals surface area contributed by atoms with E-state index in [1.165, 1.54) is 18.1 Å². The van der Waals surface area contributed by atoms with Crippen molar-refractivity contribution in [2.45, 2.75) is 25.1 Å². The summed E-state index contributed by atoms with van der Waals surface area (Å²) >= 11 is 0. The Hall–Kier alpha value is -2.49. The fourth-order valence-electron chi connectivity index (χ4n) is 2.67. The maximum Gasteiger partial charge on any atom is 0.416 e. The molecule has 142 valence electrons. The molecule has 26 heavy (non-hydrogen) atoms. The molecule has 0 aliphatic carbocycles. The number of carbonyl (C=O) groups is 1. The molecule has 1 aromatic heterocycles. The van der Waals surface area contributed by atoms with Crippen molar-refractivity contribution in [3.05, 3.63) is 18.2 Å². The first-order valence-electron chi connectivity index (χ1n) is 7.93. The Balaban J connectivity index is 1.72. The standard InChI is InChI=1S/C16H17F3N2O5/c1-23-8-10-9-25-15(22)21(10)14-12-4-3-11(7-13(12)26-20-14)24-6-2-5-16(17,18)19/h3-4,7,10H,2,5-6,8-9H2,1H3/t10-/m1/s1. The molecule has 3 rings (SSSR count). The monoisotopic (exact) mass is 374 g/mol. The zero-order valence-electron chi connectivity index (χ0n) is 13.9. The SMILES string of the molecule is COC[C@@H]1COC(=O)N1c1noc2cc(OCCCC(F)(F)F)ccc12. The number of ether oxygens (including phenoxy) is 3. The first-order valence-corrected chi connectivity index (χ1v) is 7.93. The van der Waals surface area contributed by atoms with E-state index in [-0.39, 0.29) is 32.3 Å². The van der Waals surface area contributed by atoms with E-state index < -0.39 is 18.7 Å². The predicted molar refractivity (Wildman–Crippen MR) is 84.3 cm³/mol. The summed E-state index contributed by atoms with van der Waals surface area (Å²) in [6.07, 6.45) is -5.79. The lowest BCUT2D eigenvalue weighted by Gasteiger charge is -2.17. The molecular formula is C16H17F3N2O5. The third kappa shape index (κ3) is 4.01. The highest BCUT2D eigenvalue weighted by Crippen LogP contribution is 2.32. The summed E-state index contributed by atoms with van der Waals surface area (Å²) in [4.78, 5) is 13.3. The van der Waals surface area contributed by atoms with Crippen LogP contribution < -0.4 is 9.64 Å². The largest absolute Gasteiger partial charge is 0.493 e. The van der Waals surface area contributed by atoms with Gasteiger partial charge in [-0.05, 0) is 18.6 Å². The van der Waals surface area contributed by atoms with Gasteiger partial charge in [0.25, 0.3) is 0 Å². The molecule has 1 atom stereocenters. The number of nitrogens with zero attached hydrogens (tertiary/aromatic N) is 2. The molecule has 0 unspecified atom stereocenters. The van der Waals surface area contributed by atoms with Crippen molar-refractivity contribution in [1.82, 2.24) is 5.16 Å². The Labute approximate surface area is 146 Å². The van der Waals surface area contributed by atoms with Crippen LogP contribution in [0.25, 0.3) is 11.0 Å². The van der Waals surface area contributed by atoms with E-state index in [2.05, 4.69) is 5.16 Å². The smallest absolute Gasteiger partial charge is 0.416 e. The third-order valence-corrected chi connectivity index (χ3v) is 3.85. The van der Waals surface area contributed by atoms with Crippen LogP contribution in [0.1, 0.15) is 12.8 Å². The van der Waals surface area contributed by atoms with E-state index in [0.29, 0.717) is 22.5 Å². The van der Waals surface area contributed by atoms with Crippen LogP contribution >= 0.6 is 0 Å². The molecule has 10 heteroatoms. The van der Waals surface area contributed by atoms with Crippen LogP contribution in [0.15, 0.2) is 22.7 Å². The van der Waals surface area contributed by atoms with E-state index in [9.17, 15) is 18.0 Å². The fourth-order valence-corrected chi connectivity index (χ4v) is 2.67. The molecule has 1 saturated heterocycles. The van der Waals surface area contributed by atoms with Gasteiger partial charge in [-0.2, -0.15) is 13.2 Å². The Morgan fingerprint density at radius 3 is 2.92 bits per heavy atom. The van der Waals surface area contributed by atoms with Crippen LogP contribution in [-0.2, 0) is 9.47 Å². The van der Waals surface area contributed by atoms with Crippen LogP contribution in [0.4, 0.5) is 23.8 Å². The molecule has 0 spiro atoms. The number of methoxy groups -OCH3 is 1. The van der Waals surface area contributed by atoms with Crippen LogP contribution in [-0.4, -0.2) is 50.4 Å². The number of amides is 1. The van der Waals surface area contributed by atoms with Crippen LogP contribution in [0.2, 0.25) is 0 Å². The molecule has 1 fully saturated rings. The van der Waals surface area contributed by atoms with Crippen LogP contribution in [0.3, 0.4) is 0 Å². The van der Waals surface area contributed by atoms with Crippen molar-refractivity contribution in [2.24, 2.45) is 0 Å². The van der Waals surface area contributed by atoms with Gasteiger partial charge in [-0.15, -0.1) is 0 Å². The number of anilines is 1. The third-order valence-electron chi connectivity index (χ3n) is 3.85. The van der Waals surface area contributed by atoms with Crippen molar-refractivity contribution in [3.63, 3.8) is 0 Å². The van der Waals surface area contributed by atoms with Gasteiger partial charge in [-0.1, -0.05) is 5.16 Å². The summed E-state index contributed by atoms with van der Waals surface area (Å²) < 4.78 is 57.0.